The second-order valence-electron chi connectivity index (χ2n) is 18.3. The maximum atomic E-state index is 12.9. The molecule has 4 heterocycles. The molecule has 0 radical (unpaired) electrons. The van der Waals surface area contributed by atoms with Crippen LogP contribution < -0.4 is 16.8 Å². The number of ether oxygens (including phenoxy) is 1. The fraction of sp³-hybridized carbons (Fsp3) is 0.522. The molecule has 2 aliphatic heterocycles. The summed E-state index contributed by atoms with van der Waals surface area (Å²) in [7, 11) is 3.42. The first-order chi connectivity index (χ1) is 27.3. The van der Waals surface area contributed by atoms with Crippen molar-refractivity contribution in [2.45, 2.75) is 122 Å². The summed E-state index contributed by atoms with van der Waals surface area (Å²) in [6.45, 7) is 16.1. The SMILES string of the molecule is Cn1c(=O)oc2cc(C3CCN(C(=O)NCCCCc4ccccc4)C(C)(C)C3)ccc21.Cn1c(=O)oc2cc(C3CCN(C(=O)OC(C)(C)C)C(C)(C)C3)ccc21. The molecule has 2 saturated heterocycles. The molecule has 58 heavy (non-hydrogen) atoms. The highest BCUT2D eigenvalue weighted by atomic mass is 16.6. The van der Waals surface area contributed by atoms with E-state index in [0.717, 1.165) is 61.5 Å². The lowest BCUT2D eigenvalue weighted by molar-refractivity contribution is -0.00933. The summed E-state index contributed by atoms with van der Waals surface area (Å²) in [4.78, 5) is 52.7. The van der Waals surface area contributed by atoms with Crippen LogP contribution in [0.25, 0.3) is 22.2 Å². The minimum atomic E-state index is -0.500. The topological polar surface area (TPSA) is 132 Å². The molecule has 2 fully saturated rings. The Hall–Kier alpha value is -5.26. The molecule has 0 aliphatic carbocycles. The fourth-order valence-electron chi connectivity index (χ4n) is 8.60. The fourth-order valence-corrected chi connectivity index (χ4v) is 8.60. The van der Waals surface area contributed by atoms with Crippen molar-refractivity contribution in [2.24, 2.45) is 14.1 Å². The van der Waals surface area contributed by atoms with Gasteiger partial charge in [0.15, 0.2) is 11.2 Å². The van der Waals surface area contributed by atoms with E-state index in [1.165, 1.54) is 20.3 Å². The smallest absolute Gasteiger partial charge is 0.419 e. The van der Waals surface area contributed by atoms with Gasteiger partial charge in [-0.15, -0.1) is 0 Å². The molecule has 312 valence electrons. The number of carbonyl (C=O) groups excluding carboxylic acids is 2. The number of carbonyl (C=O) groups is 2. The van der Waals surface area contributed by atoms with Gasteiger partial charge in [0.2, 0.25) is 0 Å². The zero-order valence-electron chi connectivity index (χ0n) is 35.7. The van der Waals surface area contributed by atoms with Gasteiger partial charge in [-0.2, -0.15) is 0 Å². The Bertz CT molecular complexity index is 2340. The lowest BCUT2D eigenvalue weighted by atomic mass is 9.79. The minimum absolute atomic E-state index is 0.0256. The summed E-state index contributed by atoms with van der Waals surface area (Å²) in [5.41, 5.74) is 5.44. The summed E-state index contributed by atoms with van der Waals surface area (Å²) >= 11 is 0. The number of hydrogen-bond acceptors (Lipinski definition) is 7. The van der Waals surface area contributed by atoms with Crippen molar-refractivity contribution in [3.8, 4) is 0 Å². The average molecular weight is 796 g/mol. The second kappa shape index (κ2) is 16.9. The van der Waals surface area contributed by atoms with Gasteiger partial charge in [0.1, 0.15) is 5.60 Å². The van der Waals surface area contributed by atoms with E-state index >= 15 is 0 Å². The third-order valence-corrected chi connectivity index (χ3v) is 11.8. The number of aromatic nitrogens is 2. The quantitative estimate of drug-likeness (QED) is 0.163. The third kappa shape index (κ3) is 9.70. The van der Waals surface area contributed by atoms with Crippen LogP contribution in [0.4, 0.5) is 9.59 Å². The summed E-state index contributed by atoms with van der Waals surface area (Å²) in [6.07, 6.45) is 6.27. The van der Waals surface area contributed by atoms with Crippen molar-refractivity contribution in [3.63, 3.8) is 0 Å². The van der Waals surface area contributed by atoms with Crippen molar-refractivity contribution in [3.05, 3.63) is 105 Å². The molecule has 2 aliphatic rings. The Morgan fingerprint density at radius 1 is 0.741 bits per heavy atom. The molecular weight excluding hydrogens is 735 g/mol. The van der Waals surface area contributed by atoms with E-state index in [1.54, 1.807) is 14.1 Å². The lowest BCUT2D eigenvalue weighted by Gasteiger charge is -2.45. The van der Waals surface area contributed by atoms with Gasteiger partial charge in [-0.1, -0.05) is 42.5 Å². The van der Waals surface area contributed by atoms with Crippen LogP contribution >= 0.6 is 0 Å². The Labute approximate surface area is 341 Å². The molecule has 12 heteroatoms. The van der Waals surface area contributed by atoms with Gasteiger partial charge in [0, 0.05) is 44.8 Å². The number of unbranched alkanes of at least 4 members (excludes halogenated alkanes) is 1. The van der Waals surface area contributed by atoms with Crippen LogP contribution in [0, 0.1) is 0 Å². The van der Waals surface area contributed by atoms with Crippen molar-refractivity contribution < 1.29 is 23.2 Å². The van der Waals surface area contributed by atoms with Crippen LogP contribution in [-0.4, -0.2) is 67.4 Å². The van der Waals surface area contributed by atoms with Crippen LogP contribution in [0.15, 0.2) is 85.2 Å². The highest BCUT2D eigenvalue weighted by Gasteiger charge is 2.41. The Balaban J connectivity index is 0.000000200. The van der Waals surface area contributed by atoms with Gasteiger partial charge in [-0.25, -0.2) is 19.2 Å². The van der Waals surface area contributed by atoms with E-state index in [0.29, 0.717) is 42.6 Å². The zero-order valence-corrected chi connectivity index (χ0v) is 35.7. The summed E-state index contributed by atoms with van der Waals surface area (Å²) in [5.74, 6) is -0.0570. The first kappa shape index (κ1) is 42.3. The molecule has 7 rings (SSSR count). The number of nitrogens with zero attached hydrogens (tertiary/aromatic N) is 4. The number of aryl methyl sites for hydroxylation is 3. The number of benzene rings is 3. The van der Waals surface area contributed by atoms with E-state index in [9.17, 15) is 19.2 Å². The standard InChI is InChI=1S/C26H33N3O3.C20H28N2O4/c1-26(2)18-21(20-12-13-22-23(17-20)32-25(31)28(22)3)14-16-29(26)24(30)27-15-8-7-11-19-9-5-4-6-10-19;1-19(2,3)26-18(24)22-10-9-14(12-20(22,4)5)13-7-8-15-16(11-13)25-17(23)21(15)6/h4-6,9-10,12-13,17,21H,7-8,11,14-16,18H2,1-3H3,(H,27,30);7-8,11,14H,9-10,12H2,1-6H3. The number of hydrogen-bond donors (Lipinski definition) is 1. The van der Waals surface area contributed by atoms with Crippen LogP contribution in [0.5, 0.6) is 0 Å². The van der Waals surface area contributed by atoms with Crippen LogP contribution in [0.3, 0.4) is 0 Å². The number of amides is 3. The predicted molar refractivity (Wildman–Crippen MR) is 227 cm³/mol. The van der Waals surface area contributed by atoms with Crippen molar-refractivity contribution >= 4 is 34.3 Å². The number of rotatable bonds is 7. The highest BCUT2D eigenvalue weighted by molar-refractivity contribution is 5.76. The van der Waals surface area contributed by atoms with Crippen LogP contribution in [0.1, 0.15) is 116 Å². The maximum absolute atomic E-state index is 12.9. The van der Waals surface area contributed by atoms with Gasteiger partial charge < -0.3 is 28.7 Å². The highest BCUT2D eigenvalue weighted by Crippen LogP contribution is 2.40. The van der Waals surface area contributed by atoms with E-state index < -0.39 is 5.60 Å². The number of nitrogens with one attached hydrogen (secondary N) is 1. The molecular formula is C46H61N5O7. The normalized spacial score (nSPS) is 19.1. The number of fused-ring (bicyclic) bond motifs is 2. The van der Waals surface area contributed by atoms with Gasteiger partial charge in [-0.3, -0.25) is 9.13 Å². The van der Waals surface area contributed by atoms with E-state index in [4.69, 9.17) is 13.6 Å². The summed E-state index contributed by atoms with van der Waals surface area (Å²) < 4.78 is 19.3. The molecule has 5 aromatic rings. The molecule has 0 saturated carbocycles. The summed E-state index contributed by atoms with van der Waals surface area (Å²) in [6, 6.07) is 22.5. The van der Waals surface area contributed by atoms with Crippen molar-refractivity contribution in [2.75, 3.05) is 19.6 Å². The van der Waals surface area contributed by atoms with Gasteiger partial charge in [0.25, 0.3) is 0 Å². The van der Waals surface area contributed by atoms with Gasteiger partial charge >= 0.3 is 23.6 Å². The van der Waals surface area contributed by atoms with E-state index in [2.05, 4.69) is 69.4 Å². The number of urea groups is 1. The maximum Gasteiger partial charge on any atom is 0.419 e. The lowest BCUT2D eigenvalue weighted by Crippen LogP contribution is -2.55. The Morgan fingerprint density at radius 3 is 1.72 bits per heavy atom. The molecule has 3 aromatic carbocycles. The molecule has 3 amide bonds. The Kier molecular flexibility index (Phi) is 12.4. The first-order valence-electron chi connectivity index (χ1n) is 20.6. The average Bonchev–Trinajstić information content (AvgIpc) is 3.61. The number of piperidine rings is 2. The molecule has 12 nitrogen and oxygen atoms in total. The van der Waals surface area contributed by atoms with Gasteiger partial charge in [-0.05, 0) is 146 Å². The Morgan fingerprint density at radius 2 is 1.24 bits per heavy atom. The molecule has 2 aromatic heterocycles. The van der Waals surface area contributed by atoms with Crippen LogP contribution in [-0.2, 0) is 25.3 Å². The summed E-state index contributed by atoms with van der Waals surface area (Å²) in [5, 5.41) is 3.12. The predicted octanol–water partition coefficient (Wildman–Crippen LogP) is 8.85. The monoisotopic (exact) mass is 795 g/mol. The van der Waals surface area contributed by atoms with Crippen molar-refractivity contribution in [1.29, 1.82) is 0 Å². The number of oxazole rings is 2. The first-order valence-corrected chi connectivity index (χ1v) is 20.6. The molecule has 1 N–H and O–H groups in total. The molecule has 2 unspecified atom stereocenters. The number of likely N-dealkylation sites (tertiary alicyclic amines) is 2. The second-order valence-corrected chi connectivity index (χ2v) is 18.3. The largest absolute Gasteiger partial charge is 0.444 e. The molecule has 0 spiro atoms. The van der Waals surface area contributed by atoms with E-state index in [1.807, 2.05) is 60.9 Å². The third-order valence-electron chi connectivity index (χ3n) is 11.8. The molecule has 0 bridgehead atoms. The van der Waals surface area contributed by atoms with Crippen molar-refractivity contribution in [1.82, 2.24) is 24.3 Å². The molecule has 2 atom stereocenters. The van der Waals surface area contributed by atoms with Crippen LogP contribution in [0.2, 0.25) is 0 Å². The van der Waals surface area contributed by atoms with E-state index in [-0.39, 0.29) is 34.7 Å². The minimum Gasteiger partial charge on any atom is -0.444 e. The zero-order chi connectivity index (χ0) is 42.0. The van der Waals surface area contributed by atoms with Gasteiger partial charge in [0.05, 0.1) is 11.0 Å².